The molecule has 1 unspecified atom stereocenters. The number of morpholine rings is 1. The molecule has 1 saturated heterocycles. The number of sulfonamides is 1. The standard InChI is InChI=1S/C14H22N2O5S2/c1-3-21-11(2)14(17)15-10-12-4-5-13(22-12)23(18,19)16-6-8-20-9-7-16/h4-5,11H,3,6-10H2,1-2H3,(H,15,17). The number of ether oxygens (including phenoxy) is 2. The molecule has 1 aromatic heterocycles. The molecule has 0 aliphatic carbocycles. The topological polar surface area (TPSA) is 84.9 Å². The number of thiophene rings is 1. The first-order chi connectivity index (χ1) is 10.9. The highest BCUT2D eigenvalue weighted by Crippen LogP contribution is 2.25. The number of carbonyl (C=O) groups is 1. The van der Waals surface area contributed by atoms with Crippen molar-refractivity contribution >= 4 is 27.3 Å². The third kappa shape index (κ3) is 4.74. The van der Waals surface area contributed by atoms with Crippen molar-refractivity contribution in [1.29, 1.82) is 0 Å². The van der Waals surface area contributed by atoms with E-state index in [0.717, 1.165) is 4.88 Å². The van der Waals surface area contributed by atoms with E-state index in [2.05, 4.69) is 5.32 Å². The van der Waals surface area contributed by atoms with Crippen LogP contribution in [0.2, 0.25) is 0 Å². The highest BCUT2D eigenvalue weighted by atomic mass is 32.2. The average Bonchev–Trinajstić information content (AvgIpc) is 3.03. The van der Waals surface area contributed by atoms with Gasteiger partial charge in [0, 0.05) is 24.6 Å². The zero-order chi connectivity index (χ0) is 16.9. The van der Waals surface area contributed by atoms with Crippen LogP contribution in [0.5, 0.6) is 0 Å². The van der Waals surface area contributed by atoms with Crippen LogP contribution in [0.15, 0.2) is 16.3 Å². The molecule has 23 heavy (non-hydrogen) atoms. The van der Waals surface area contributed by atoms with E-state index in [0.29, 0.717) is 43.7 Å². The molecule has 1 aliphatic heterocycles. The molecular formula is C14H22N2O5S2. The van der Waals surface area contributed by atoms with Gasteiger partial charge in [-0.15, -0.1) is 11.3 Å². The molecule has 9 heteroatoms. The maximum atomic E-state index is 12.5. The Morgan fingerprint density at radius 2 is 2.13 bits per heavy atom. The van der Waals surface area contributed by atoms with Gasteiger partial charge in [0.25, 0.3) is 10.0 Å². The van der Waals surface area contributed by atoms with Gasteiger partial charge < -0.3 is 14.8 Å². The maximum Gasteiger partial charge on any atom is 0.252 e. The average molecular weight is 362 g/mol. The van der Waals surface area contributed by atoms with Crippen molar-refractivity contribution in [2.45, 2.75) is 30.7 Å². The lowest BCUT2D eigenvalue weighted by atomic mass is 10.3. The van der Waals surface area contributed by atoms with Crippen molar-refractivity contribution in [2.24, 2.45) is 0 Å². The van der Waals surface area contributed by atoms with Gasteiger partial charge in [-0.2, -0.15) is 4.31 Å². The Kier molecular flexibility index (Phi) is 6.54. The maximum absolute atomic E-state index is 12.5. The first kappa shape index (κ1) is 18.3. The van der Waals surface area contributed by atoms with Gasteiger partial charge in [-0.25, -0.2) is 8.42 Å². The fourth-order valence-corrected chi connectivity index (χ4v) is 5.01. The van der Waals surface area contributed by atoms with E-state index in [9.17, 15) is 13.2 Å². The second kappa shape index (κ2) is 8.20. The molecule has 130 valence electrons. The van der Waals surface area contributed by atoms with Crippen molar-refractivity contribution in [3.8, 4) is 0 Å². The number of hydrogen-bond donors (Lipinski definition) is 1. The summed E-state index contributed by atoms with van der Waals surface area (Å²) in [6.45, 7) is 5.85. The van der Waals surface area contributed by atoms with Crippen LogP contribution >= 0.6 is 11.3 Å². The van der Waals surface area contributed by atoms with E-state index < -0.39 is 16.1 Å². The molecule has 1 aromatic rings. The molecule has 1 fully saturated rings. The molecule has 1 N–H and O–H groups in total. The van der Waals surface area contributed by atoms with Crippen LogP contribution in [0.25, 0.3) is 0 Å². The van der Waals surface area contributed by atoms with Crippen LogP contribution < -0.4 is 5.32 Å². The van der Waals surface area contributed by atoms with E-state index in [1.54, 1.807) is 19.1 Å². The fraction of sp³-hybridized carbons (Fsp3) is 0.643. The minimum Gasteiger partial charge on any atom is -0.379 e. The summed E-state index contributed by atoms with van der Waals surface area (Å²) < 4.78 is 37.1. The van der Waals surface area contributed by atoms with E-state index >= 15 is 0 Å². The minimum absolute atomic E-state index is 0.210. The van der Waals surface area contributed by atoms with Crippen molar-refractivity contribution in [3.63, 3.8) is 0 Å². The predicted octanol–water partition coefficient (Wildman–Crippen LogP) is 0.810. The Morgan fingerprint density at radius 1 is 1.43 bits per heavy atom. The zero-order valence-corrected chi connectivity index (χ0v) is 14.9. The molecule has 0 radical (unpaired) electrons. The van der Waals surface area contributed by atoms with Gasteiger partial charge in [0.05, 0.1) is 19.8 Å². The van der Waals surface area contributed by atoms with E-state index in [-0.39, 0.29) is 5.91 Å². The first-order valence-electron chi connectivity index (χ1n) is 7.51. The third-order valence-corrected chi connectivity index (χ3v) is 6.88. The Labute approximate surface area is 140 Å². The van der Waals surface area contributed by atoms with Crippen molar-refractivity contribution in [1.82, 2.24) is 9.62 Å². The highest BCUT2D eigenvalue weighted by molar-refractivity contribution is 7.91. The smallest absolute Gasteiger partial charge is 0.252 e. The van der Waals surface area contributed by atoms with Crippen LogP contribution in [0.1, 0.15) is 18.7 Å². The molecule has 0 aromatic carbocycles. The Bertz CT molecular complexity index is 623. The van der Waals surface area contributed by atoms with Crippen molar-refractivity contribution < 1.29 is 22.7 Å². The van der Waals surface area contributed by atoms with E-state index in [4.69, 9.17) is 9.47 Å². The number of nitrogens with one attached hydrogen (secondary N) is 1. The summed E-state index contributed by atoms with van der Waals surface area (Å²) in [5.41, 5.74) is 0. The monoisotopic (exact) mass is 362 g/mol. The number of hydrogen-bond acceptors (Lipinski definition) is 6. The number of carbonyl (C=O) groups excluding carboxylic acids is 1. The Balaban J connectivity index is 1.96. The normalized spacial score (nSPS) is 17.8. The molecule has 0 bridgehead atoms. The zero-order valence-electron chi connectivity index (χ0n) is 13.3. The molecular weight excluding hydrogens is 340 g/mol. The van der Waals surface area contributed by atoms with Gasteiger partial charge in [-0.1, -0.05) is 0 Å². The van der Waals surface area contributed by atoms with Gasteiger partial charge in [-0.3, -0.25) is 4.79 Å². The van der Waals surface area contributed by atoms with E-state index in [1.807, 2.05) is 6.92 Å². The van der Waals surface area contributed by atoms with Crippen LogP contribution in [-0.2, 0) is 30.8 Å². The van der Waals surface area contributed by atoms with Gasteiger partial charge >= 0.3 is 0 Å². The quantitative estimate of drug-likeness (QED) is 0.776. The first-order valence-corrected chi connectivity index (χ1v) is 9.76. The second-order valence-corrected chi connectivity index (χ2v) is 8.39. The summed E-state index contributed by atoms with van der Waals surface area (Å²) >= 11 is 1.17. The Morgan fingerprint density at radius 3 is 2.78 bits per heavy atom. The molecule has 2 rings (SSSR count). The minimum atomic E-state index is -3.47. The van der Waals surface area contributed by atoms with Crippen LogP contribution in [0.4, 0.5) is 0 Å². The molecule has 1 amide bonds. The summed E-state index contributed by atoms with van der Waals surface area (Å²) in [6.07, 6.45) is -0.517. The molecule has 0 spiro atoms. The third-order valence-electron chi connectivity index (χ3n) is 3.42. The predicted molar refractivity (Wildman–Crippen MR) is 86.8 cm³/mol. The second-order valence-electron chi connectivity index (χ2n) is 5.05. The summed E-state index contributed by atoms with van der Waals surface area (Å²) in [6, 6.07) is 3.31. The van der Waals surface area contributed by atoms with Crippen LogP contribution in [0, 0.1) is 0 Å². The lowest BCUT2D eigenvalue weighted by Gasteiger charge is -2.25. The van der Waals surface area contributed by atoms with Gasteiger partial charge in [-0.05, 0) is 26.0 Å². The summed E-state index contributed by atoms with van der Waals surface area (Å²) in [4.78, 5) is 12.6. The van der Waals surface area contributed by atoms with Gasteiger partial charge in [0.15, 0.2) is 0 Å². The summed E-state index contributed by atoms with van der Waals surface area (Å²) in [5.74, 6) is -0.210. The molecule has 7 nitrogen and oxygen atoms in total. The van der Waals surface area contributed by atoms with Gasteiger partial charge in [0.1, 0.15) is 10.3 Å². The van der Waals surface area contributed by atoms with Gasteiger partial charge in [0.2, 0.25) is 5.91 Å². The van der Waals surface area contributed by atoms with Crippen LogP contribution in [0.3, 0.4) is 0 Å². The molecule has 1 aliphatic rings. The molecule has 1 atom stereocenters. The highest BCUT2D eigenvalue weighted by Gasteiger charge is 2.27. The lowest BCUT2D eigenvalue weighted by Crippen LogP contribution is -2.40. The Hall–Kier alpha value is -1.00. The summed E-state index contributed by atoms with van der Waals surface area (Å²) in [5, 5.41) is 2.75. The lowest BCUT2D eigenvalue weighted by molar-refractivity contribution is -0.131. The SMILES string of the molecule is CCOC(C)C(=O)NCc1ccc(S(=O)(=O)N2CCOCC2)s1. The number of amides is 1. The van der Waals surface area contributed by atoms with Crippen LogP contribution in [-0.4, -0.2) is 57.6 Å². The molecule has 2 heterocycles. The number of nitrogens with zero attached hydrogens (tertiary/aromatic N) is 1. The van der Waals surface area contributed by atoms with Crippen molar-refractivity contribution in [3.05, 3.63) is 17.0 Å². The largest absolute Gasteiger partial charge is 0.379 e. The summed E-state index contributed by atoms with van der Waals surface area (Å²) in [7, 11) is -3.47. The van der Waals surface area contributed by atoms with E-state index in [1.165, 1.54) is 15.6 Å². The fourth-order valence-electron chi connectivity index (χ4n) is 2.15. The number of rotatable bonds is 7. The molecule has 0 saturated carbocycles. The van der Waals surface area contributed by atoms with Crippen molar-refractivity contribution in [2.75, 3.05) is 32.9 Å².